The molecule has 1 heterocycles. The van der Waals surface area contributed by atoms with Gasteiger partial charge in [0.2, 0.25) is 5.91 Å². The molecular weight excluding hydrogens is 322 g/mol. The lowest BCUT2D eigenvalue weighted by atomic mass is 10.1. The van der Waals surface area contributed by atoms with E-state index in [0.717, 1.165) is 24.2 Å². The van der Waals surface area contributed by atoms with Crippen LogP contribution in [0.4, 0.5) is 5.13 Å². The molecule has 2 rings (SSSR count). The number of carbonyl (C=O) groups excluding carboxylic acids is 1. The van der Waals surface area contributed by atoms with Gasteiger partial charge in [-0.05, 0) is 44.5 Å². The lowest BCUT2D eigenvalue weighted by Crippen LogP contribution is -2.31. The normalized spacial score (nSPS) is 11.0. The Hall–Kier alpha value is -1.76. The predicted molar refractivity (Wildman–Crippen MR) is 99.6 cm³/mol. The number of aromatic nitrogens is 1. The van der Waals surface area contributed by atoms with Crippen LogP contribution in [0.1, 0.15) is 17.5 Å². The minimum Gasteiger partial charge on any atom is -0.385 e. The third-order valence-electron chi connectivity index (χ3n) is 3.86. The highest BCUT2D eigenvalue weighted by Gasteiger charge is 2.10. The zero-order valence-electron chi connectivity index (χ0n) is 14.8. The van der Waals surface area contributed by atoms with Gasteiger partial charge in [-0.25, -0.2) is 4.98 Å². The molecule has 0 atom stereocenters. The third-order valence-corrected chi connectivity index (χ3v) is 4.61. The van der Waals surface area contributed by atoms with Crippen molar-refractivity contribution >= 4 is 22.4 Å². The summed E-state index contributed by atoms with van der Waals surface area (Å²) in [7, 11) is 3.61. The van der Waals surface area contributed by atoms with Crippen molar-refractivity contribution in [1.82, 2.24) is 9.88 Å². The van der Waals surface area contributed by atoms with Crippen LogP contribution >= 0.6 is 11.3 Å². The summed E-state index contributed by atoms with van der Waals surface area (Å²) in [5.41, 5.74) is 4.47. The maximum absolute atomic E-state index is 12.1. The molecule has 0 saturated carbocycles. The van der Waals surface area contributed by atoms with Crippen molar-refractivity contribution < 1.29 is 9.53 Å². The van der Waals surface area contributed by atoms with E-state index in [1.165, 1.54) is 22.5 Å². The Bertz CT molecular complexity index is 685. The lowest BCUT2D eigenvalue weighted by molar-refractivity contribution is -0.117. The molecule has 0 spiro atoms. The number of nitrogens with one attached hydrogen (secondary N) is 1. The van der Waals surface area contributed by atoms with E-state index in [-0.39, 0.29) is 5.91 Å². The molecule has 0 fully saturated rings. The van der Waals surface area contributed by atoms with Crippen LogP contribution in [0.15, 0.2) is 23.6 Å². The van der Waals surface area contributed by atoms with Gasteiger partial charge in [0.05, 0.1) is 12.2 Å². The van der Waals surface area contributed by atoms with E-state index >= 15 is 0 Å². The summed E-state index contributed by atoms with van der Waals surface area (Å²) < 4.78 is 5.02. The smallest absolute Gasteiger partial charge is 0.240 e. The molecular formula is C18H25N3O2S. The number of rotatable bonds is 8. The quantitative estimate of drug-likeness (QED) is 0.744. The van der Waals surface area contributed by atoms with E-state index in [1.807, 2.05) is 17.3 Å². The van der Waals surface area contributed by atoms with Crippen LogP contribution in [-0.4, -0.2) is 49.6 Å². The molecule has 6 heteroatoms. The number of carbonyl (C=O) groups is 1. The van der Waals surface area contributed by atoms with E-state index in [2.05, 4.69) is 42.3 Å². The second-order valence-corrected chi connectivity index (χ2v) is 6.83. The Labute approximate surface area is 147 Å². The van der Waals surface area contributed by atoms with E-state index in [4.69, 9.17) is 4.74 Å². The Balaban J connectivity index is 1.91. The van der Waals surface area contributed by atoms with Crippen LogP contribution in [0.3, 0.4) is 0 Å². The van der Waals surface area contributed by atoms with Gasteiger partial charge in [-0.3, -0.25) is 9.69 Å². The van der Waals surface area contributed by atoms with Crippen LogP contribution in [-0.2, 0) is 9.53 Å². The highest BCUT2D eigenvalue weighted by molar-refractivity contribution is 7.14. The number of methoxy groups -OCH3 is 1. The Morgan fingerprint density at radius 3 is 2.83 bits per heavy atom. The lowest BCUT2D eigenvalue weighted by Gasteiger charge is -2.15. The molecule has 0 aliphatic heterocycles. The number of aryl methyl sites for hydroxylation is 2. The van der Waals surface area contributed by atoms with Gasteiger partial charge in [-0.1, -0.05) is 12.1 Å². The summed E-state index contributed by atoms with van der Waals surface area (Å²) in [6, 6.07) is 6.28. The van der Waals surface area contributed by atoms with Crippen molar-refractivity contribution in [3.05, 3.63) is 34.7 Å². The van der Waals surface area contributed by atoms with Crippen molar-refractivity contribution in [1.29, 1.82) is 0 Å². The maximum atomic E-state index is 12.1. The molecule has 0 saturated heterocycles. The summed E-state index contributed by atoms with van der Waals surface area (Å²) in [6.45, 7) is 6.06. The van der Waals surface area contributed by atoms with Gasteiger partial charge >= 0.3 is 0 Å². The van der Waals surface area contributed by atoms with Crippen molar-refractivity contribution in [2.24, 2.45) is 0 Å². The number of ether oxygens (including phenoxy) is 1. The van der Waals surface area contributed by atoms with Crippen molar-refractivity contribution in [2.75, 3.05) is 39.2 Å². The number of likely N-dealkylation sites (N-methyl/N-ethyl adjacent to an activating group) is 1. The largest absolute Gasteiger partial charge is 0.385 e. The molecule has 0 aliphatic rings. The number of hydrogen-bond acceptors (Lipinski definition) is 5. The Morgan fingerprint density at radius 2 is 2.12 bits per heavy atom. The molecule has 24 heavy (non-hydrogen) atoms. The van der Waals surface area contributed by atoms with Crippen LogP contribution < -0.4 is 5.32 Å². The summed E-state index contributed by atoms with van der Waals surface area (Å²) in [5.74, 6) is -0.0455. The molecule has 130 valence electrons. The van der Waals surface area contributed by atoms with Crippen LogP contribution in [0, 0.1) is 13.8 Å². The molecule has 0 aliphatic carbocycles. The van der Waals surface area contributed by atoms with Gasteiger partial charge in [0.15, 0.2) is 5.13 Å². The van der Waals surface area contributed by atoms with Crippen molar-refractivity contribution in [3.63, 3.8) is 0 Å². The fraction of sp³-hybridized carbons (Fsp3) is 0.444. The maximum Gasteiger partial charge on any atom is 0.240 e. The summed E-state index contributed by atoms with van der Waals surface area (Å²) in [5, 5.41) is 5.49. The molecule has 1 amide bonds. The zero-order chi connectivity index (χ0) is 17.5. The van der Waals surface area contributed by atoms with Gasteiger partial charge in [0.1, 0.15) is 0 Å². The molecule has 0 unspecified atom stereocenters. The predicted octanol–water partition coefficient (Wildman–Crippen LogP) is 3.33. The standard InChI is InChI=1S/C18H25N3O2S/c1-13-6-7-15(10-14(13)2)16-12-24-18(19-16)20-17(22)11-21(3)8-5-9-23-4/h6-7,10,12H,5,8-9,11H2,1-4H3,(H,19,20,22). The first-order valence-electron chi connectivity index (χ1n) is 8.00. The van der Waals surface area contributed by atoms with Gasteiger partial charge in [0.25, 0.3) is 0 Å². The second-order valence-electron chi connectivity index (χ2n) is 5.97. The van der Waals surface area contributed by atoms with Crippen LogP contribution in [0.25, 0.3) is 11.3 Å². The fourth-order valence-corrected chi connectivity index (χ4v) is 3.06. The monoisotopic (exact) mass is 347 g/mol. The number of nitrogens with zero attached hydrogens (tertiary/aromatic N) is 2. The summed E-state index contributed by atoms with van der Waals surface area (Å²) >= 11 is 1.45. The number of anilines is 1. The SMILES string of the molecule is COCCCN(C)CC(=O)Nc1nc(-c2ccc(C)c(C)c2)cs1. The van der Waals surface area contributed by atoms with Gasteiger partial charge < -0.3 is 10.1 Å². The molecule has 1 aromatic carbocycles. The van der Waals surface area contributed by atoms with Crippen molar-refractivity contribution in [2.45, 2.75) is 20.3 Å². The molecule has 2 aromatic rings. The van der Waals surface area contributed by atoms with E-state index in [0.29, 0.717) is 18.3 Å². The summed E-state index contributed by atoms with van der Waals surface area (Å²) in [4.78, 5) is 18.6. The first-order valence-corrected chi connectivity index (χ1v) is 8.88. The zero-order valence-corrected chi connectivity index (χ0v) is 15.6. The number of amides is 1. The van der Waals surface area contributed by atoms with E-state index in [1.54, 1.807) is 7.11 Å². The Kier molecular flexibility index (Phi) is 6.90. The third kappa shape index (κ3) is 5.40. The van der Waals surface area contributed by atoms with Gasteiger partial charge in [0, 0.05) is 31.2 Å². The second kappa shape index (κ2) is 8.92. The van der Waals surface area contributed by atoms with Crippen LogP contribution in [0.5, 0.6) is 0 Å². The molecule has 5 nitrogen and oxygen atoms in total. The number of benzene rings is 1. The number of thiazole rings is 1. The van der Waals surface area contributed by atoms with E-state index < -0.39 is 0 Å². The first-order chi connectivity index (χ1) is 11.5. The van der Waals surface area contributed by atoms with E-state index in [9.17, 15) is 4.79 Å². The minimum absolute atomic E-state index is 0.0455. The fourth-order valence-electron chi connectivity index (χ4n) is 2.33. The molecule has 1 aromatic heterocycles. The topological polar surface area (TPSA) is 54.5 Å². The van der Waals surface area contributed by atoms with Gasteiger partial charge in [-0.2, -0.15) is 0 Å². The average Bonchev–Trinajstić information content (AvgIpc) is 2.98. The minimum atomic E-state index is -0.0455. The van der Waals surface area contributed by atoms with Crippen LogP contribution in [0.2, 0.25) is 0 Å². The summed E-state index contributed by atoms with van der Waals surface area (Å²) in [6.07, 6.45) is 0.911. The molecule has 0 bridgehead atoms. The highest BCUT2D eigenvalue weighted by atomic mass is 32.1. The highest BCUT2D eigenvalue weighted by Crippen LogP contribution is 2.26. The first kappa shape index (κ1) is 18.6. The average molecular weight is 347 g/mol. The molecule has 0 radical (unpaired) electrons. The van der Waals surface area contributed by atoms with Gasteiger partial charge in [-0.15, -0.1) is 11.3 Å². The molecule has 1 N–H and O–H groups in total. The van der Waals surface area contributed by atoms with Crippen molar-refractivity contribution in [3.8, 4) is 11.3 Å². The number of hydrogen-bond donors (Lipinski definition) is 1. The Morgan fingerprint density at radius 1 is 1.33 bits per heavy atom.